The van der Waals surface area contributed by atoms with Crippen LogP contribution in [0.5, 0.6) is 0 Å². The van der Waals surface area contributed by atoms with Crippen molar-refractivity contribution in [2.24, 2.45) is 0 Å². The van der Waals surface area contributed by atoms with E-state index in [1.54, 1.807) is 0 Å². The molecule has 0 bridgehead atoms. The van der Waals surface area contributed by atoms with Gasteiger partial charge < -0.3 is 5.32 Å². The second-order valence-corrected chi connectivity index (χ2v) is 4.60. The molecule has 3 heteroatoms. The highest BCUT2D eigenvalue weighted by atomic mass is 19.1. The van der Waals surface area contributed by atoms with E-state index in [2.05, 4.69) is 10.3 Å². The molecule has 0 atom stereocenters. The number of nitrogens with zero attached hydrogens (tertiary/aromatic N) is 1. The highest BCUT2D eigenvalue weighted by Crippen LogP contribution is 2.36. The molecule has 0 unspecified atom stereocenters. The Kier molecular flexibility index (Phi) is 2.28. The van der Waals surface area contributed by atoms with Gasteiger partial charge in [0.2, 0.25) is 0 Å². The first-order valence-electron chi connectivity index (χ1n) is 6.00. The summed E-state index contributed by atoms with van der Waals surface area (Å²) < 4.78 is 13.9. The second kappa shape index (κ2) is 3.69. The molecule has 1 aliphatic carbocycles. The summed E-state index contributed by atoms with van der Waals surface area (Å²) in [6, 6.07) is 3.33. The third kappa shape index (κ3) is 1.42. The molecule has 17 heavy (non-hydrogen) atoms. The fourth-order valence-electron chi connectivity index (χ4n) is 2.77. The molecule has 0 saturated carbocycles. The first kappa shape index (κ1) is 10.5. The maximum Gasteiger partial charge on any atom is 0.149 e. The fourth-order valence-corrected chi connectivity index (χ4v) is 2.77. The Morgan fingerprint density at radius 3 is 2.88 bits per heavy atom. The molecule has 0 radical (unpaired) electrons. The molecule has 1 heterocycles. The van der Waals surface area contributed by atoms with Crippen LogP contribution in [0.15, 0.2) is 12.1 Å². The molecule has 0 amide bonds. The average Bonchev–Trinajstić information content (AvgIpc) is 2.79. The molecule has 1 aliphatic rings. The summed E-state index contributed by atoms with van der Waals surface area (Å²) in [4.78, 5) is 4.51. The van der Waals surface area contributed by atoms with E-state index in [-0.39, 0.29) is 5.82 Å². The normalized spacial score (nSPS) is 14.1. The summed E-state index contributed by atoms with van der Waals surface area (Å²) in [5.41, 5.74) is 4.99. The third-order valence-corrected chi connectivity index (χ3v) is 3.57. The smallest absolute Gasteiger partial charge is 0.149 e. The van der Waals surface area contributed by atoms with E-state index in [4.69, 9.17) is 0 Å². The minimum absolute atomic E-state index is 0.225. The van der Waals surface area contributed by atoms with Gasteiger partial charge in [-0.15, -0.1) is 0 Å². The minimum Gasteiger partial charge on any atom is -0.387 e. The van der Waals surface area contributed by atoms with Gasteiger partial charge in [-0.3, -0.25) is 0 Å². The zero-order chi connectivity index (χ0) is 12.0. The van der Waals surface area contributed by atoms with Crippen molar-refractivity contribution in [2.45, 2.75) is 26.2 Å². The fraction of sp³-hybridized carbons (Fsp3) is 0.357. The van der Waals surface area contributed by atoms with Crippen molar-refractivity contribution in [1.82, 2.24) is 4.98 Å². The van der Waals surface area contributed by atoms with Crippen molar-refractivity contribution >= 4 is 16.6 Å². The first-order chi connectivity index (χ1) is 8.22. The summed E-state index contributed by atoms with van der Waals surface area (Å²) in [5, 5.41) is 4.17. The van der Waals surface area contributed by atoms with E-state index in [1.165, 1.54) is 11.6 Å². The van der Waals surface area contributed by atoms with E-state index in [0.29, 0.717) is 5.52 Å². The zero-order valence-corrected chi connectivity index (χ0v) is 10.1. The number of hydrogen-bond donors (Lipinski definition) is 1. The van der Waals surface area contributed by atoms with Gasteiger partial charge in [-0.05, 0) is 43.4 Å². The Balaban J connectivity index is 2.49. The van der Waals surface area contributed by atoms with Crippen LogP contribution in [0, 0.1) is 12.7 Å². The lowest BCUT2D eigenvalue weighted by molar-refractivity contribution is 0.636. The maximum absolute atomic E-state index is 13.9. The number of nitrogens with one attached hydrogen (secondary N) is 1. The molecule has 1 N–H and O–H groups in total. The van der Waals surface area contributed by atoms with Gasteiger partial charge in [-0.25, -0.2) is 9.37 Å². The van der Waals surface area contributed by atoms with Crippen LogP contribution in [-0.2, 0) is 12.8 Å². The molecule has 3 rings (SSSR count). The largest absolute Gasteiger partial charge is 0.387 e. The van der Waals surface area contributed by atoms with Crippen LogP contribution in [0.1, 0.15) is 23.2 Å². The number of halogens is 1. The van der Waals surface area contributed by atoms with Crippen LogP contribution >= 0.6 is 0 Å². The van der Waals surface area contributed by atoms with Gasteiger partial charge in [0, 0.05) is 23.8 Å². The first-order valence-corrected chi connectivity index (χ1v) is 6.00. The van der Waals surface area contributed by atoms with Crippen molar-refractivity contribution in [3.8, 4) is 0 Å². The van der Waals surface area contributed by atoms with Crippen molar-refractivity contribution in [3.05, 3.63) is 34.8 Å². The monoisotopic (exact) mass is 230 g/mol. The lowest BCUT2D eigenvalue weighted by Gasteiger charge is -2.14. The van der Waals surface area contributed by atoms with E-state index in [9.17, 15) is 4.39 Å². The predicted molar refractivity (Wildman–Crippen MR) is 68.0 cm³/mol. The lowest BCUT2D eigenvalue weighted by atomic mass is 10.0. The summed E-state index contributed by atoms with van der Waals surface area (Å²) in [6.45, 7) is 2.01. The molecular weight excluding hydrogens is 215 g/mol. The molecule has 0 aliphatic heterocycles. The SMILES string of the molecule is CNc1c2c(nc3c(F)ccc(C)c13)CCC2. The van der Waals surface area contributed by atoms with Gasteiger partial charge >= 0.3 is 0 Å². The molecule has 1 aromatic heterocycles. The standard InChI is InChI=1S/C14H15FN2/c1-8-6-7-10(15)14-12(8)13(16-2)9-4-3-5-11(9)17-14/h6-7H,3-5H2,1-2H3,(H,16,17). The van der Waals surface area contributed by atoms with Crippen LogP contribution in [0.25, 0.3) is 10.9 Å². The summed E-state index contributed by atoms with van der Waals surface area (Å²) >= 11 is 0. The number of benzene rings is 1. The molecular formula is C14H15FN2. The minimum atomic E-state index is -0.225. The highest BCUT2D eigenvalue weighted by Gasteiger charge is 2.21. The molecule has 2 nitrogen and oxygen atoms in total. The zero-order valence-electron chi connectivity index (χ0n) is 10.1. The molecule has 88 valence electrons. The Morgan fingerprint density at radius 2 is 2.12 bits per heavy atom. The molecule has 0 spiro atoms. The van der Waals surface area contributed by atoms with Crippen LogP contribution in [0.2, 0.25) is 0 Å². The lowest BCUT2D eigenvalue weighted by Crippen LogP contribution is -2.01. The number of anilines is 1. The molecule has 0 saturated heterocycles. The molecule has 1 aromatic carbocycles. The molecule has 2 aromatic rings. The highest BCUT2D eigenvalue weighted by molar-refractivity contribution is 5.96. The van der Waals surface area contributed by atoms with Gasteiger partial charge in [0.25, 0.3) is 0 Å². The van der Waals surface area contributed by atoms with Gasteiger partial charge in [0.05, 0.1) is 0 Å². The van der Waals surface area contributed by atoms with Crippen LogP contribution in [0.3, 0.4) is 0 Å². The van der Waals surface area contributed by atoms with E-state index < -0.39 is 0 Å². The van der Waals surface area contributed by atoms with Gasteiger partial charge in [0.1, 0.15) is 11.3 Å². The summed E-state index contributed by atoms with van der Waals surface area (Å²) in [5.74, 6) is -0.225. The Hall–Kier alpha value is -1.64. The van der Waals surface area contributed by atoms with Crippen LogP contribution in [-0.4, -0.2) is 12.0 Å². The van der Waals surface area contributed by atoms with E-state index >= 15 is 0 Å². The van der Waals surface area contributed by atoms with Crippen molar-refractivity contribution in [1.29, 1.82) is 0 Å². The maximum atomic E-state index is 13.9. The van der Waals surface area contributed by atoms with Gasteiger partial charge in [0.15, 0.2) is 0 Å². The van der Waals surface area contributed by atoms with Crippen molar-refractivity contribution in [2.75, 3.05) is 12.4 Å². The van der Waals surface area contributed by atoms with Crippen molar-refractivity contribution < 1.29 is 4.39 Å². The molecule has 0 fully saturated rings. The number of aryl methyl sites for hydroxylation is 2. The van der Waals surface area contributed by atoms with E-state index in [1.807, 2.05) is 20.0 Å². The predicted octanol–water partition coefficient (Wildman–Crippen LogP) is 3.21. The third-order valence-electron chi connectivity index (χ3n) is 3.57. The van der Waals surface area contributed by atoms with Crippen LogP contribution < -0.4 is 5.32 Å². The quantitative estimate of drug-likeness (QED) is 0.813. The number of hydrogen-bond acceptors (Lipinski definition) is 2. The number of pyridine rings is 1. The van der Waals surface area contributed by atoms with Crippen LogP contribution in [0.4, 0.5) is 10.1 Å². The summed E-state index contributed by atoms with van der Waals surface area (Å²) in [6.07, 6.45) is 3.13. The van der Waals surface area contributed by atoms with E-state index in [0.717, 1.165) is 41.6 Å². The number of rotatable bonds is 1. The Morgan fingerprint density at radius 1 is 1.29 bits per heavy atom. The topological polar surface area (TPSA) is 24.9 Å². The number of fused-ring (bicyclic) bond motifs is 2. The number of aromatic nitrogens is 1. The Labute approximate surface area is 99.9 Å². The summed E-state index contributed by atoms with van der Waals surface area (Å²) in [7, 11) is 1.90. The van der Waals surface area contributed by atoms with Gasteiger partial charge in [-0.2, -0.15) is 0 Å². The van der Waals surface area contributed by atoms with Crippen molar-refractivity contribution in [3.63, 3.8) is 0 Å². The Bertz CT molecular complexity index is 605. The second-order valence-electron chi connectivity index (χ2n) is 4.60. The average molecular weight is 230 g/mol. The van der Waals surface area contributed by atoms with Gasteiger partial charge in [-0.1, -0.05) is 6.07 Å².